The molecule has 0 aliphatic rings. The van der Waals surface area contributed by atoms with E-state index in [1.54, 1.807) is 25.1 Å². The first kappa shape index (κ1) is 13.0. The number of halogens is 1. The van der Waals surface area contributed by atoms with Crippen molar-refractivity contribution in [1.82, 2.24) is 0 Å². The summed E-state index contributed by atoms with van der Waals surface area (Å²) >= 11 is 6.08. The van der Waals surface area contributed by atoms with Crippen LogP contribution in [0.4, 0.5) is 5.69 Å². The van der Waals surface area contributed by atoms with E-state index in [4.69, 9.17) is 11.6 Å². The molecule has 0 spiro atoms. The second-order valence-corrected chi connectivity index (χ2v) is 4.36. The highest BCUT2D eigenvalue weighted by molar-refractivity contribution is 6.33. The number of aliphatic hydroxyl groups is 1. The molecule has 0 bridgehead atoms. The Labute approximate surface area is 101 Å². The maximum Gasteiger partial charge on any atom is 0.159 e. The van der Waals surface area contributed by atoms with E-state index in [9.17, 15) is 9.90 Å². The van der Waals surface area contributed by atoms with Gasteiger partial charge in [0.1, 0.15) is 0 Å². The molecular formula is C12H16ClNO2. The molecule has 1 N–H and O–H groups in total. The molecule has 4 heteroatoms. The number of Topliss-reactive ketones (excluding diaryl/α,β-unsaturated/α-hetero) is 1. The minimum atomic E-state index is -0.423. The third-order valence-corrected chi connectivity index (χ3v) is 2.61. The van der Waals surface area contributed by atoms with Crippen molar-refractivity contribution in [3.05, 3.63) is 28.8 Å². The molecule has 1 aromatic carbocycles. The molecule has 1 aromatic rings. The van der Waals surface area contributed by atoms with E-state index in [-0.39, 0.29) is 5.78 Å². The van der Waals surface area contributed by atoms with Crippen LogP contribution in [0.5, 0.6) is 0 Å². The van der Waals surface area contributed by atoms with Crippen molar-refractivity contribution in [3.8, 4) is 0 Å². The van der Waals surface area contributed by atoms with Crippen molar-refractivity contribution >= 4 is 23.1 Å². The first-order valence-electron chi connectivity index (χ1n) is 5.11. The summed E-state index contributed by atoms with van der Waals surface area (Å²) in [5, 5.41) is 9.80. The number of benzene rings is 1. The zero-order chi connectivity index (χ0) is 12.3. The molecule has 1 atom stereocenters. The van der Waals surface area contributed by atoms with Gasteiger partial charge in [-0.2, -0.15) is 0 Å². The maximum absolute atomic E-state index is 11.1. The second kappa shape index (κ2) is 5.32. The summed E-state index contributed by atoms with van der Waals surface area (Å²) < 4.78 is 0. The van der Waals surface area contributed by atoms with Crippen LogP contribution in [0, 0.1) is 0 Å². The van der Waals surface area contributed by atoms with E-state index in [1.165, 1.54) is 6.92 Å². The van der Waals surface area contributed by atoms with Gasteiger partial charge in [0.2, 0.25) is 0 Å². The van der Waals surface area contributed by atoms with Crippen LogP contribution in [0.2, 0.25) is 5.02 Å². The van der Waals surface area contributed by atoms with Crippen LogP contribution in [0.15, 0.2) is 18.2 Å². The highest BCUT2D eigenvalue weighted by atomic mass is 35.5. The fourth-order valence-electron chi connectivity index (χ4n) is 1.53. The number of carbonyl (C=O) groups excluding carboxylic acids is 1. The van der Waals surface area contributed by atoms with Crippen molar-refractivity contribution in [1.29, 1.82) is 0 Å². The lowest BCUT2D eigenvalue weighted by molar-refractivity contribution is 0.101. The van der Waals surface area contributed by atoms with Crippen molar-refractivity contribution in [3.63, 3.8) is 0 Å². The summed E-state index contributed by atoms with van der Waals surface area (Å²) in [4.78, 5) is 13.0. The molecule has 3 nitrogen and oxygen atoms in total. The molecule has 0 amide bonds. The third kappa shape index (κ3) is 3.22. The Bertz CT molecular complexity index is 391. The number of rotatable bonds is 4. The molecule has 0 aliphatic heterocycles. The Balaban J connectivity index is 2.94. The minimum Gasteiger partial charge on any atom is -0.392 e. The van der Waals surface area contributed by atoms with Gasteiger partial charge < -0.3 is 10.0 Å². The van der Waals surface area contributed by atoms with Gasteiger partial charge >= 0.3 is 0 Å². The van der Waals surface area contributed by atoms with Gasteiger partial charge in [-0.1, -0.05) is 11.6 Å². The Hall–Kier alpha value is -1.06. The van der Waals surface area contributed by atoms with Gasteiger partial charge in [0.05, 0.1) is 16.8 Å². The maximum atomic E-state index is 11.1. The number of hydrogen-bond acceptors (Lipinski definition) is 3. The van der Waals surface area contributed by atoms with Gasteiger partial charge in [-0.25, -0.2) is 0 Å². The van der Waals surface area contributed by atoms with Crippen molar-refractivity contribution in [2.45, 2.75) is 20.0 Å². The summed E-state index contributed by atoms with van der Waals surface area (Å²) in [6.45, 7) is 3.72. The number of anilines is 1. The third-order valence-electron chi connectivity index (χ3n) is 2.30. The monoisotopic (exact) mass is 241 g/mol. The van der Waals surface area contributed by atoms with Crippen LogP contribution in [0.1, 0.15) is 24.2 Å². The summed E-state index contributed by atoms with van der Waals surface area (Å²) in [7, 11) is 1.85. The fourth-order valence-corrected chi connectivity index (χ4v) is 1.85. The predicted molar refractivity (Wildman–Crippen MR) is 66.4 cm³/mol. The van der Waals surface area contributed by atoms with Gasteiger partial charge in [0, 0.05) is 19.2 Å². The minimum absolute atomic E-state index is 0.00775. The first-order valence-corrected chi connectivity index (χ1v) is 5.49. The van der Waals surface area contributed by atoms with Gasteiger partial charge in [-0.15, -0.1) is 0 Å². The SMILES string of the molecule is CC(=O)c1ccc(N(C)CC(C)O)c(Cl)c1. The van der Waals surface area contributed by atoms with Crippen LogP contribution in [0.25, 0.3) is 0 Å². The zero-order valence-electron chi connectivity index (χ0n) is 9.70. The normalized spacial score (nSPS) is 12.3. The molecule has 0 saturated heterocycles. The summed E-state index contributed by atoms with van der Waals surface area (Å²) in [5.74, 6) is -0.00775. The van der Waals surface area contributed by atoms with E-state index < -0.39 is 6.10 Å². The lowest BCUT2D eigenvalue weighted by atomic mass is 10.1. The Morgan fingerprint density at radius 3 is 2.62 bits per heavy atom. The van der Waals surface area contributed by atoms with Crippen molar-refractivity contribution < 1.29 is 9.90 Å². The van der Waals surface area contributed by atoms with Gasteiger partial charge in [-0.05, 0) is 32.0 Å². The second-order valence-electron chi connectivity index (χ2n) is 3.95. The average molecular weight is 242 g/mol. The number of ketones is 1. The predicted octanol–water partition coefficient (Wildman–Crippen LogP) is 2.36. The van der Waals surface area contributed by atoms with E-state index >= 15 is 0 Å². The molecule has 88 valence electrons. The average Bonchev–Trinajstić information content (AvgIpc) is 2.15. The molecule has 1 unspecified atom stereocenters. The summed E-state index contributed by atoms with van der Waals surface area (Å²) in [6, 6.07) is 5.18. The molecule has 0 aliphatic carbocycles. The van der Waals surface area contributed by atoms with Crippen LogP contribution < -0.4 is 4.90 Å². The lowest BCUT2D eigenvalue weighted by Crippen LogP contribution is -2.27. The number of likely N-dealkylation sites (N-methyl/N-ethyl adjacent to an activating group) is 1. The van der Waals surface area contributed by atoms with E-state index in [0.717, 1.165) is 5.69 Å². The molecule has 1 rings (SSSR count). The van der Waals surface area contributed by atoms with E-state index in [0.29, 0.717) is 17.1 Å². The molecule has 0 heterocycles. The number of nitrogens with zero attached hydrogens (tertiary/aromatic N) is 1. The van der Waals surface area contributed by atoms with Crippen LogP contribution >= 0.6 is 11.6 Å². The van der Waals surface area contributed by atoms with Crippen LogP contribution in [0.3, 0.4) is 0 Å². The van der Waals surface area contributed by atoms with Gasteiger partial charge in [0.25, 0.3) is 0 Å². The Kier molecular flexibility index (Phi) is 4.33. The molecule has 16 heavy (non-hydrogen) atoms. The Morgan fingerprint density at radius 1 is 1.56 bits per heavy atom. The van der Waals surface area contributed by atoms with Crippen molar-refractivity contribution in [2.24, 2.45) is 0 Å². The van der Waals surface area contributed by atoms with E-state index in [2.05, 4.69) is 0 Å². The summed E-state index contributed by atoms with van der Waals surface area (Å²) in [6.07, 6.45) is -0.423. The van der Waals surface area contributed by atoms with Gasteiger partial charge in [-0.3, -0.25) is 4.79 Å². The topological polar surface area (TPSA) is 40.5 Å². The van der Waals surface area contributed by atoms with Crippen molar-refractivity contribution in [2.75, 3.05) is 18.5 Å². The van der Waals surface area contributed by atoms with Crippen LogP contribution in [-0.2, 0) is 0 Å². The highest BCUT2D eigenvalue weighted by Gasteiger charge is 2.10. The largest absolute Gasteiger partial charge is 0.392 e. The van der Waals surface area contributed by atoms with E-state index in [1.807, 2.05) is 11.9 Å². The van der Waals surface area contributed by atoms with Crippen LogP contribution in [-0.4, -0.2) is 30.6 Å². The molecular weight excluding hydrogens is 226 g/mol. The molecule has 0 fully saturated rings. The lowest BCUT2D eigenvalue weighted by Gasteiger charge is -2.22. The summed E-state index contributed by atoms with van der Waals surface area (Å²) in [5.41, 5.74) is 1.41. The smallest absolute Gasteiger partial charge is 0.159 e. The highest BCUT2D eigenvalue weighted by Crippen LogP contribution is 2.26. The molecule has 0 saturated carbocycles. The Morgan fingerprint density at radius 2 is 2.19 bits per heavy atom. The quantitative estimate of drug-likeness (QED) is 0.823. The van der Waals surface area contributed by atoms with Gasteiger partial charge in [0.15, 0.2) is 5.78 Å². The standard InChI is InChI=1S/C12H16ClNO2/c1-8(15)7-14(3)12-5-4-10(9(2)16)6-11(12)13/h4-6,8,15H,7H2,1-3H3. The number of aliphatic hydroxyl groups excluding tert-OH is 1. The number of carbonyl (C=O) groups is 1. The first-order chi connectivity index (χ1) is 7.41. The zero-order valence-corrected chi connectivity index (χ0v) is 10.5. The molecule has 0 radical (unpaired) electrons. The molecule has 0 aromatic heterocycles. The fraction of sp³-hybridized carbons (Fsp3) is 0.417. The number of hydrogen-bond donors (Lipinski definition) is 1.